The van der Waals surface area contributed by atoms with Gasteiger partial charge in [0.25, 0.3) is 0 Å². The predicted molar refractivity (Wildman–Crippen MR) is 101 cm³/mol. The quantitative estimate of drug-likeness (QED) is 0.818. The Balaban J connectivity index is 1.67. The molecule has 0 radical (unpaired) electrons. The Hall–Kier alpha value is -0.950. The lowest BCUT2D eigenvalue weighted by Gasteiger charge is -2.38. The van der Waals surface area contributed by atoms with Gasteiger partial charge in [-0.15, -0.1) is 0 Å². The van der Waals surface area contributed by atoms with E-state index in [0.29, 0.717) is 23.9 Å². The third kappa shape index (κ3) is 4.61. The highest BCUT2D eigenvalue weighted by atomic mass is 32.2. The fourth-order valence-corrected chi connectivity index (χ4v) is 5.77. The van der Waals surface area contributed by atoms with Crippen molar-refractivity contribution in [1.82, 2.24) is 14.1 Å². The molecule has 2 heterocycles. The molecular weight excluding hydrogens is 334 g/mol. The number of rotatable bonds is 4. The van der Waals surface area contributed by atoms with Crippen LogP contribution in [0.1, 0.15) is 24.0 Å². The molecule has 1 unspecified atom stereocenters. The molecule has 25 heavy (non-hydrogen) atoms. The van der Waals surface area contributed by atoms with E-state index in [4.69, 9.17) is 0 Å². The second-order valence-corrected chi connectivity index (χ2v) is 9.74. The van der Waals surface area contributed by atoms with Gasteiger partial charge in [-0.1, -0.05) is 6.07 Å². The fraction of sp³-hybridized carbons (Fsp3) is 0.684. The predicted octanol–water partition coefficient (Wildman–Crippen LogP) is 1.95. The molecule has 6 heteroatoms. The van der Waals surface area contributed by atoms with Crippen LogP contribution in [0, 0.1) is 19.8 Å². The summed E-state index contributed by atoms with van der Waals surface area (Å²) in [5.41, 5.74) is 2.01. The molecule has 0 N–H and O–H groups in total. The van der Waals surface area contributed by atoms with Gasteiger partial charge in [0.05, 0.1) is 4.90 Å². The number of likely N-dealkylation sites (N-methyl/N-ethyl adjacent to an activating group) is 1. The Labute approximate surface area is 152 Å². The van der Waals surface area contributed by atoms with Gasteiger partial charge in [0.2, 0.25) is 10.0 Å². The topological polar surface area (TPSA) is 43.9 Å². The zero-order chi connectivity index (χ0) is 18.0. The molecule has 2 saturated heterocycles. The average Bonchev–Trinajstić information content (AvgIpc) is 2.56. The Morgan fingerprint density at radius 3 is 2.28 bits per heavy atom. The van der Waals surface area contributed by atoms with Gasteiger partial charge < -0.3 is 9.80 Å². The maximum Gasteiger partial charge on any atom is 0.243 e. The fourth-order valence-electron chi connectivity index (χ4n) is 4.02. The van der Waals surface area contributed by atoms with Crippen molar-refractivity contribution in [2.24, 2.45) is 5.92 Å². The van der Waals surface area contributed by atoms with E-state index in [9.17, 15) is 8.42 Å². The first-order valence-corrected chi connectivity index (χ1v) is 10.8. The van der Waals surface area contributed by atoms with Gasteiger partial charge in [-0.3, -0.25) is 0 Å². The van der Waals surface area contributed by atoms with Crippen molar-refractivity contribution >= 4 is 10.0 Å². The van der Waals surface area contributed by atoms with Crippen LogP contribution in [0.4, 0.5) is 0 Å². The minimum absolute atomic E-state index is 0.442. The number of hydrogen-bond acceptors (Lipinski definition) is 4. The first-order chi connectivity index (χ1) is 11.8. The Morgan fingerprint density at radius 2 is 1.64 bits per heavy atom. The van der Waals surface area contributed by atoms with E-state index in [1.165, 1.54) is 0 Å². The highest BCUT2D eigenvalue weighted by molar-refractivity contribution is 7.89. The van der Waals surface area contributed by atoms with Crippen LogP contribution in [0.2, 0.25) is 0 Å². The molecule has 140 valence electrons. The molecule has 1 aromatic rings. The summed E-state index contributed by atoms with van der Waals surface area (Å²) in [5, 5.41) is 0. The van der Waals surface area contributed by atoms with Gasteiger partial charge in [0.15, 0.2) is 0 Å². The normalized spacial score (nSPS) is 24.5. The van der Waals surface area contributed by atoms with Crippen LogP contribution in [0.3, 0.4) is 0 Å². The summed E-state index contributed by atoms with van der Waals surface area (Å²) < 4.78 is 27.9. The first kappa shape index (κ1) is 18.8. The van der Waals surface area contributed by atoms with Crippen LogP contribution in [0.15, 0.2) is 23.1 Å². The maximum absolute atomic E-state index is 13.1. The van der Waals surface area contributed by atoms with E-state index in [2.05, 4.69) is 16.8 Å². The minimum atomic E-state index is -3.38. The van der Waals surface area contributed by atoms with Crippen molar-refractivity contribution in [3.8, 4) is 0 Å². The molecule has 0 saturated carbocycles. The molecule has 1 aromatic carbocycles. The van der Waals surface area contributed by atoms with Crippen LogP contribution in [0.5, 0.6) is 0 Å². The lowest BCUT2D eigenvalue weighted by Crippen LogP contribution is -2.49. The number of aryl methyl sites for hydroxylation is 2. The van der Waals surface area contributed by atoms with Gasteiger partial charge in [0, 0.05) is 45.8 Å². The van der Waals surface area contributed by atoms with E-state index < -0.39 is 10.0 Å². The lowest BCUT2D eigenvalue weighted by molar-refractivity contribution is 0.118. The van der Waals surface area contributed by atoms with E-state index in [0.717, 1.165) is 56.7 Å². The van der Waals surface area contributed by atoms with Crippen molar-refractivity contribution in [3.63, 3.8) is 0 Å². The van der Waals surface area contributed by atoms with Gasteiger partial charge in [-0.25, -0.2) is 8.42 Å². The molecule has 0 aromatic heterocycles. The largest absolute Gasteiger partial charge is 0.304 e. The zero-order valence-electron chi connectivity index (χ0n) is 15.7. The number of sulfonamides is 1. The van der Waals surface area contributed by atoms with Crippen LogP contribution >= 0.6 is 0 Å². The summed E-state index contributed by atoms with van der Waals surface area (Å²) in [6, 6.07) is 5.62. The van der Waals surface area contributed by atoms with E-state index >= 15 is 0 Å². The van der Waals surface area contributed by atoms with E-state index in [1.807, 2.05) is 19.9 Å². The molecule has 2 aliphatic rings. The molecule has 2 aliphatic heterocycles. The second kappa shape index (κ2) is 7.74. The summed E-state index contributed by atoms with van der Waals surface area (Å²) in [6.45, 7) is 10.6. The molecule has 0 spiro atoms. The molecule has 0 amide bonds. The maximum atomic E-state index is 13.1. The molecule has 2 fully saturated rings. The van der Waals surface area contributed by atoms with Crippen LogP contribution < -0.4 is 0 Å². The zero-order valence-corrected chi connectivity index (χ0v) is 16.6. The minimum Gasteiger partial charge on any atom is -0.304 e. The third-order valence-electron chi connectivity index (χ3n) is 5.43. The summed E-state index contributed by atoms with van der Waals surface area (Å²) in [6.07, 6.45) is 2.09. The summed E-state index contributed by atoms with van der Waals surface area (Å²) in [4.78, 5) is 5.30. The van der Waals surface area contributed by atoms with E-state index in [1.54, 1.807) is 16.4 Å². The molecule has 0 bridgehead atoms. The Kier molecular flexibility index (Phi) is 5.83. The summed E-state index contributed by atoms with van der Waals surface area (Å²) in [5.74, 6) is 0.442. The average molecular weight is 366 g/mol. The highest BCUT2D eigenvalue weighted by Crippen LogP contribution is 2.25. The first-order valence-electron chi connectivity index (χ1n) is 9.34. The highest BCUT2D eigenvalue weighted by Gasteiger charge is 2.31. The number of benzene rings is 1. The van der Waals surface area contributed by atoms with Gasteiger partial charge >= 0.3 is 0 Å². The van der Waals surface area contributed by atoms with E-state index in [-0.39, 0.29) is 0 Å². The van der Waals surface area contributed by atoms with Crippen molar-refractivity contribution in [2.75, 3.05) is 52.9 Å². The number of piperidine rings is 1. The smallest absolute Gasteiger partial charge is 0.243 e. The standard InChI is InChI=1S/C19H31N3O2S/c1-16-11-17(2)13-19(12-16)25(23,24)22-6-4-5-18(15-22)14-21-9-7-20(3)8-10-21/h11-13,18H,4-10,14-15H2,1-3H3. The Morgan fingerprint density at radius 1 is 1.00 bits per heavy atom. The van der Waals surface area contributed by atoms with Crippen molar-refractivity contribution in [3.05, 3.63) is 29.3 Å². The number of nitrogens with zero attached hydrogens (tertiary/aromatic N) is 3. The number of piperazine rings is 1. The molecule has 3 rings (SSSR count). The van der Waals surface area contributed by atoms with Crippen LogP contribution in [-0.4, -0.2) is 75.4 Å². The van der Waals surface area contributed by atoms with Gasteiger partial charge in [-0.2, -0.15) is 4.31 Å². The third-order valence-corrected chi connectivity index (χ3v) is 7.27. The SMILES string of the molecule is Cc1cc(C)cc(S(=O)(=O)N2CCCC(CN3CCN(C)CC3)C2)c1. The second-order valence-electron chi connectivity index (χ2n) is 7.80. The molecule has 0 aliphatic carbocycles. The monoisotopic (exact) mass is 365 g/mol. The van der Waals surface area contributed by atoms with Crippen molar-refractivity contribution < 1.29 is 8.42 Å². The summed E-state index contributed by atoms with van der Waals surface area (Å²) >= 11 is 0. The van der Waals surface area contributed by atoms with Gasteiger partial charge in [-0.05, 0) is 62.9 Å². The number of hydrogen-bond donors (Lipinski definition) is 0. The van der Waals surface area contributed by atoms with Gasteiger partial charge in [0.1, 0.15) is 0 Å². The van der Waals surface area contributed by atoms with Crippen molar-refractivity contribution in [1.29, 1.82) is 0 Å². The molecule has 5 nitrogen and oxygen atoms in total. The van der Waals surface area contributed by atoms with Crippen LogP contribution in [0.25, 0.3) is 0 Å². The molecular formula is C19H31N3O2S. The Bertz CT molecular complexity index is 676. The molecule has 1 atom stereocenters. The lowest BCUT2D eigenvalue weighted by atomic mass is 9.99. The van der Waals surface area contributed by atoms with Crippen molar-refractivity contribution in [2.45, 2.75) is 31.6 Å². The van der Waals surface area contributed by atoms with Crippen LogP contribution in [-0.2, 0) is 10.0 Å². The summed E-state index contributed by atoms with van der Waals surface area (Å²) in [7, 11) is -1.22.